The molecule has 0 unspecified atom stereocenters. The Morgan fingerprint density at radius 2 is 2.44 bits per heavy atom. The molecule has 8 heteroatoms. The second-order valence-electron chi connectivity index (χ2n) is 3.13. The van der Waals surface area contributed by atoms with Crippen LogP contribution in [0.4, 0.5) is 5.95 Å². The molecule has 88 valence electrons. The molecular weight excluding hydrogens is 278 g/mol. The maximum Gasteiger partial charge on any atom is 0.492 e. The van der Waals surface area contributed by atoms with Gasteiger partial charge in [0.15, 0.2) is 0 Å². The third kappa shape index (κ3) is 3.38. The number of halogens is 1. The monoisotopic (exact) mass is 289 g/mol. The van der Waals surface area contributed by atoms with Gasteiger partial charge < -0.3 is 15.4 Å². The Labute approximate surface area is 101 Å². The predicted octanol–water partition coefficient (Wildman–Crippen LogP) is 1.11. The van der Waals surface area contributed by atoms with Gasteiger partial charge >= 0.3 is 5.95 Å². The average Bonchev–Trinajstić information content (AvgIpc) is 2.57. The van der Waals surface area contributed by atoms with E-state index in [1.165, 1.54) is 4.68 Å². The lowest BCUT2D eigenvalue weighted by atomic mass is 10.3. The first-order valence-corrected chi connectivity index (χ1v) is 5.46. The zero-order valence-electron chi connectivity index (χ0n) is 8.81. The summed E-state index contributed by atoms with van der Waals surface area (Å²) in [6.07, 6.45) is 0. The van der Waals surface area contributed by atoms with E-state index < -0.39 is 10.9 Å². The normalized spacial score (nSPS) is 10.4. The highest BCUT2D eigenvalue weighted by molar-refractivity contribution is 9.10. The van der Waals surface area contributed by atoms with Crippen LogP contribution in [0, 0.1) is 10.1 Å². The van der Waals surface area contributed by atoms with E-state index in [9.17, 15) is 10.1 Å². The van der Waals surface area contributed by atoms with Crippen LogP contribution in [-0.4, -0.2) is 32.8 Å². The number of nitrogens with zero attached hydrogens (tertiary/aromatic N) is 4. The summed E-state index contributed by atoms with van der Waals surface area (Å²) in [7, 11) is 0. The van der Waals surface area contributed by atoms with Crippen LogP contribution >= 0.6 is 15.9 Å². The Morgan fingerprint density at radius 3 is 2.94 bits per heavy atom. The van der Waals surface area contributed by atoms with E-state index in [1.54, 1.807) is 0 Å². The molecule has 1 heterocycles. The molecule has 0 aliphatic rings. The molecule has 0 amide bonds. The van der Waals surface area contributed by atoms with Crippen molar-refractivity contribution in [2.45, 2.75) is 13.5 Å². The van der Waals surface area contributed by atoms with Crippen LogP contribution in [0.25, 0.3) is 0 Å². The Bertz CT molecular complexity index is 403. The Kier molecular flexibility index (Phi) is 4.56. The van der Waals surface area contributed by atoms with Crippen molar-refractivity contribution in [3.8, 4) is 0 Å². The molecule has 1 aromatic heterocycles. The van der Waals surface area contributed by atoms with Crippen molar-refractivity contribution in [3.05, 3.63) is 27.0 Å². The number of hydrogen-bond donors (Lipinski definition) is 1. The molecule has 1 aromatic rings. The summed E-state index contributed by atoms with van der Waals surface area (Å²) in [5.41, 5.74) is 0.877. The van der Waals surface area contributed by atoms with Crippen molar-refractivity contribution in [2.24, 2.45) is 0 Å². The summed E-state index contributed by atoms with van der Waals surface area (Å²) in [5, 5.41) is 17.3. The summed E-state index contributed by atoms with van der Waals surface area (Å²) >= 11 is 3.11. The first-order chi connectivity index (χ1) is 7.54. The zero-order chi connectivity index (χ0) is 12.1. The first kappa shape index (κ1) is 12.8. The van der Waals surface area contributed by atoms with Gasteiger partial charge in [0.25, 0.3) is 4.73 Å². The number of aromatic nitrogens is 3. The minimum Gasteiger partial charge on any atom is -0.390 e. The zero-order valence-corrected chi connectivity index (χ0v) is 10.4. The average molecular weight is 290 g/mol. The highest BCUT2D eigenvalue weighted by atomic mass is 79.9. The molecule has 0 aliphatic carbocycles. The highest BCUT2D eigenvalue weighted by Crippen LogP contribution is 2.13. The van der Waals surface area contributed by atoms with Crippen LogP contribution in [0.5, 0.6) is 0 Å². The van der Waals surface area contributed by atoms with Gasteiger partial charge in [0, 0.05) is 27.6 Å². The van der Waals surface area contributed by atoms with Crippen molar-refractivity contribution in [2.75, 3.05) is 13.1 Å². The van der Waals surface area contributed by atoms with Crippen molar-refractivity contribution in [1.82, 2.24) is 20.1 Å². The highest BCUT2D eigenvalue weighted by Gasteiger charge is 2.19. The molecule has 0 saturated heterocycles. The minimum absolute atomic E-state index is 0.330. The van der Waals surface area contributed by atoms with E-state index in [0.29, 0.717) is 17.8 Å². The van der Waals surface area contributed by atoms with Gasteiger partial charge in [-0.3, -0.25) is 0 Å². The third-order valence-electron chi connectivity index (χ3n) is 1.78. The van der Waals surface area contributed by atoms with Crippen LogP contribution in [0.3, 0.4) is 0 Å². The molecule has 0 spiro atoms. The van der Waals surface area contributed by atoms with E-state index in [-0.39, 0.29) is 0 Å². The van der Waals surface area contributed by atoms with Gasteiger partial charge in [0.1, 0.15) is 0 Å². The van der Waals surface area contributed by atoms with Gasteiger partial charge in [-0.2, -0.15) is 4.68 Å². The SMILES string of the molecule is C=C(CNCC)Cn1nc([N+](=O)[O-])nc1Br. The molecule has 0 radical (unpaired) electrons. The van der Waals surface area contributed by atoms with Crippen molar-refractivity contribution < 1.29 is 4.92 Å². The minimum atomic E-state index is -0.631. The van der Waals surface area contributed by atoms with E-state index in [0.717, 1.165) is 12.1 Å². The summed E-state index contributed by atoms with van der Waals surface area (Å²) < 4.78 is 1.73. The fourth-order valence-corrected chi connectivity index (χ4v) is 1.42. The topological polar surface area (TPSA) is 85.9 Å². The van der Waals surface area contributed by atoms with Crippen LogP contribution in [-0.2, 0) is 6.54 Å². The van der Waals surface area contributed by atoms with E-state index in [2.05, 4.69) is 37.9 Å². The van der Waals surface area contributed by atoms with Gasteiger partial charge in [-0.15, -0.1) is 0 Å². The lowest BCUT2D eigenvalue weighted by Crippen LogP contribution is -2.18. The molecule has 0 fully saturated rings. The van der Waals surface area contributed by atoms with Crippen LogP contribution in [0.2, 0.25) is 0 Å². The Morgan fingerprint density at radius 1 is 1.75 bits per heavy atom. The number of hydrogen-bond acceptors (Lipinski definition) is 5. The van der Waals surface area contributed by atoms with Gasteiger partial charge in [0.2, 0.25) is 0 Å². The molecule has 7 nitrogen and oxygen atoms in total. The van der Waals surface area contributed by atoms with Crippen LogP contribution in [0.1, 0.15) is 6.92 Å². The fraction of sp³-hybridized carbons (Fsp3) is 0.500. The third-order valence-corrected chi connectivity index (χ3v) is 2.36. The second kappa shape index (κ2) is 5.71. The maximum atomic E-state index is 10.4. The van der Waals surface area contributed by atoms with E-state index in [1.807, 2.05) is 6.92 Å². The molecular formula is C8H12BrN5O2. The summed E-state index contributed by atoms with van der Waals surface area (Å²) in [6.45, 7) is 7.72. The molecule has 0 aliphatic heterocycles. The lowest BCUT2D eigenvalue weighted by Gasteiger charge is -2.03. The Balaban J connectivity index is 2.66. The van der Waals surface area contributed by atoms with E-state index >= 15 is 0 Å². The maximum absolute atomic E-state index is 10.4. The van der Waals surface area contributed by atoms with Crippen molar-refractivity contribution >= 4 is 21.9 Å². The molecule has 0 bridgehead atoms. The number of nitro groups is 1. The fourth-order valence-electron chi connectivity index (χ4n) is 1.06. The quantitative estimate of drug-likeness (QED) is 0.482. The van der Waals surface area contributed by atoms with Crippen LogP contribution < -0.4 is 5.32 Å². The lowest BCUT2D eigenvalue weighted by molar-refractivity contribution is -0.394. The molecule has 0 saturated carbocycles. The molecule has 16 heavy (non-hydrogen) atoms. The largest absolute Gasteiger partial charge is 0.492 e. The van der Waals surface area contributed by atoms with Gasteiger partial charge in [-0.25, -0.2) is 0 Å². The van der Waals surface area contributed by atoms with E-state index in [4.69, 9.17) is 0 Å². The number of likely N-dealkylation sites (N-methyl/N-ethyl adjacent to an activating group) is 1. The van der Waals surface area contributed by atoms with Crippen molar-refractivity contribution in [3.63, 3.8) is 0 Å². The molecule has 1 N–H and O–H groups in total. The Hall–Kier alpha value is -1.28. The molecule has 0 atom stereocenters. The standard InChI is InChI=1S/C8H12BrN5O2/c1-3-10-4-6(2)5-13-7(9)11-8(12-13)14(15)16/h10H,2-5H2,1H3. The summed E-state index contributed by atoms with van der Waals surface area (Å²) in [5.74, 6) is -0.414. The second-order valence-corrected chi connectivity index (χ2v) is 3.84. The summed E-state index contributed by atoms with van der Waals surface area (Å²) in [4.78, 5) is 13.5. The summed E-state index contributed by atoms with van der Waals surface area (Å²) in [6, 6.07) is 0. The van der Waals surface area contributed by atoms with Gasteiger partial charge in [0.05, 0.1) is 6.54 Å². The first-order valence-electron chi connectivity index (χ1n) is 4.66. The van der Waals surface area contributed by atoms with Gasteiger partial charge in [-0.05, 0) is 22.0 Å². The number of rotatable bonds is 6. The van der Waals surface area contributed by atoms with Crippen molar-refractivity contribution in [1.29, 1.82) is 0 Å². The predicted molar refractivity (Wildman–Crippen MR) is 62.1 cm³/mol. The molecule has 0 aromatic carbocycles. The molecule has 1 rings (SSSR count). The smallest absolute Gasteiger partial charge is 0.390 e. The van der Waals surface area contributed by atoms with Crippen LogP contribution in [0.15, 0.2) is 16.9 Å². The number of nitrogens with one attached hydrogen (secondary N) is 1. The van der Waals surface area contributed by atoms with Gasteiger partial charge in [-0.1, -0.05) is 13.5 Å².